The first-order valence-corrected chi connectivity index (χ1v) is 6.69. The van der Waals surface area contributed by atoms with Gasteiger partial charge in [0.2, 0.25) is 11.8 Å². The van der Waals surface area contributed by atoms with E-state index in [0.29, 0.717) is 18.5 Å². The van der Waals surface area contributed by atoms with Crippen molar-refractivity contribution in [3.05, 3.63) is 23.5 Å². The predicted molar refractivity (Wildman–Crippen MR) is 75.0 cm³/mol. The second-order valence-electron chi connectivity index (χ2n) is 4.96. The van der Waals surface area contributed by atoms with Crippen molar-refractivity contribution in [3.8, 4) is 0 Å². The Hall–Kier alpha value is -1.43. The molecule has 0 aromatic heterocycles. The van der Waals surface area contributed by atoms with Crippen LogP contribution in [0.2, 0.25) is 0 Å². The van der Waals surface area contributed by atoms with Gasteiger partial charge < -0.3 is 10.6 Å². The molecule has 0 unspecified atom stereocenters. The first-order chi connectivity index (χ1) is 8.77. The summed E-state index contributed by atoms with van der Waals surface area (Å²) in [4.78, 5) is 23.1. The van der Waals surface area contributed by atoms with Crippen LogP contribution >= 0.6 is 15.9 Å². The van der Waals surface area contributed by atoms with Crippen LogP contribution in [0.25, 0.3) is 0 Å². The smallest absolute Gasteiger partial charge is 0.240 e. The van der Waals surface area contributed by atoms with Crippen molar-refractivity contribution < 1.29 is 14.0 Å². The normalized spacial score (nSPS) is 14.6. The summed E-state index contributed by atoms with van der Waals surface area (Å²) in [7, 11) is 0. The van der Waals surface area contributed by atoms with Gasteiger partial charge in [0.1, 0.15) is 5.82 Å². The van der Waals surface area contributed by atoms with Crippen molar-refractivity contribution in [1.29, 1.82) is 0 Å². The van der Waals surface area contributed by atoms with Gasteiger partial charge in [-0.1, -0.05) is 15.9 Å². The van der Waals surface area contributed by atoms with E-state index in [2.05, 4.69) is 26.6 Å². The molecular weight excluding hydrogens is 315 g/mol. The van der Waals surface area contributed by atoms with Crippen molar-refractivity contribution in [3.63, 3.8) is 0 Å². The molecule has 0 bridgehead atoms. The highest BCUT2D eigenvalue weighted by molar-refractivity contribution is 9.10. The van der Waals surface area contributed by atoms with Crippen LogP contribution in [0.1, 0.15) is 25.8 Å². The van der Waals surface area contributed by atoms with Gasteiger partial charge in [0.15, 0.2) is 0 Å². The van der Waals surface area contributed by atoms with E-state index in [-0.39, 0.29) is 17.5 Å². The molecule has 1 heterocycles. The zero-order valence-corrected chi connectivity index (χ0v) is 12.2. The molecule has 0 atom stereocenters. The molecule has 2 amide bonds. The van der Waals surface area contributed by atoms with E-state index in [1.54, 1.807) is 13.8 Å². The third kappa shape index (κ3) is 3.12. The summed E-state index contributed by atoms with van der Waals surface area (Å²) in [6.07, 6.45) is 0.864. The molecule has 6 heteroatoms. The molecule has 4 nitrogen and oxygen atoms in total. The van der Waals surface area contributed by atoms with Crippen molar-refractivity contribution in [2.24, 2.45) is 0 Å². The predicted octanol–water partition coefficient (Wildman–Crippen LogP) is 2.82. The summed E-state index contributed by atoms with van der Waals surface area (Å²) in [6.45, 7) is 3.33. The number of carbonyl (C=O) groups excluding carboxylic acids is 2. The van der Waals surface area contributed by atoms with Crippen LogP contribution in [0.15, 0.2) is 12.1 Å². The second kappa shape index (κ2) is 4.92. The standard InChI is InChI=1S/C13H14BrFN2O2/c1-13(2,14)12(19)17-10-6-9-7(5-8(10)15)3-4-11(18)16-9/h5-6H,3-4H2,1-2H3,(H,16,18)(H,17,19). The Morgan fingerprint density at radius 1 is 1.42 bits per heavy atom. The molecular formula is C13H14BrFN2O2. The van der Waals surface area contributed by atoms with E-state index in [4.69, 9.17) is 0 Å². The monoisotopic (exact) mass is 328 g/mol. The second-order valence-corrected chi connectivity index (χ2v) is 6.95. The van der Waals surface area contributed by atoms with Gasteiger partial charge in [-0.3, -0.25) is 9.59 Å². The number of hydrogen-bond donors (Lipinski definition) is 2. The molecule has 2 rings (SSSR count). The van der Waals surface area contributed by atoms with Gasteiger partial charge in [0.05, 0.1) is 10.0 Å². The highest BCUT2D eigenvalue weighted by Crippen LogP contribution is 2.29. The van der Waals surface area contributed by atoms with Crippen LogP contribution in [-0.4, -0.2) is 16.1 Å². The maximum absolute atomic E-state index is 13.9. The summed E-state index contributed by atoms with van der Waals surface area (Å²) < 4.78 is 13.1. The van der Waals surface area contributed by atoms with Gasteiger partial charge in [-0.2, -0.15) is 0 Å². The summed E-state index contributed by atoms with van der Waals surface area (Å²) in [5.74, 6) is -0.953. The molecule has 102 valence electrons. The fourth-order valence-corrected chi connectivity index (χ4v) is 1.86. The Kier molecular flexibility index (Phi) is 3.62. The Morgan fingerprint density at radius 3 is 2.74 bits per heavy atom. The number of amides is 2. The lowest BCUT2D eigenvalue weighted by molar-refractivity contribution is -0.117. The number of alkyl halides is 1. The van der Waals surface area contributed by atoms with Crippen molar-refractivity contribution in [2.75, 3.05) is 10.6 Å². The molecule has 0 aliphatic carbocycles. The number of rotatable bonds is 2. The zero-order chi connectivity index (χ0) is 14.2. The summed E-state index contributed by atoms with van der Waals surface area (Å²) in [5, 5.41) is 5.17. The number of aryl methyl sites for hydroxylation is 1. The molecule has 0 spiro atoms. The largest absolute Gasteiger partial charge is 0.326 e. The highest BCUT2D eigenvalue weighted by Gasteiger charge is 2.25. The fourth-order valence-electron chi connectivity index (χ4n) is 1.77. The average Bonchev–Trinajstić information content (AvgIpc) is 2.29. The lowest BCUT2D eigenvalue weighted by atomic mass is 10.0. The van der Waals surface area contributed by atoms with Crippen LogP contribution in [0.4, 0.5) is 15.8 Å². The number of nitrogens with one attached hydrogen (secondary N) is 2. The molecule has 1 aromatic rings. The number of halogens is 2. The van der Waals surface area contributed by atoms with Gasteiger partial charge in [-0.25, -0.2) is 4.39 Å². The first-order valence-electron chi connectivity index (χ1n) is 5.90. The molecule has 0 saturated carbocycles. The van der Waals surface area contributed by atoms with Crippen LogP contribution in [0.5, 0.6) is 0 Å². The molecule has 0 radical (unpaired) electrons. The number of hydrogen-bond acceptors (Lipinski definition) is 2. The maximum Gasteiger partial charge on any atom is 0.240 e. The quantitative estimate of drug-likeness (QED) is 0.820. The van der Waals surface area contributed by atoms with Gasteiger partial charge in [-0.05, 0) is 38.0 Å². The molecule has 0 fully saturated rings. The molecule has 19 heavy (non-hydrogen) atoms. The number of carbonyl (C=O) groups is 2. The topological polar surface area (TPSA) is 58.2 Å². The van der Waals surface area contributed by atoms with E-state index in [1.165, 1.54) is 12.1 Å². The summed E-state index contributed by atoms with van der Waals surface area (Å²) in [5.41, 5.74) is 1.37. The van der Waals surface area contributed by atoms with Crippen molar-refractivity contribution in [2.45, 2.75) is 31.0 Å². The molecule has 1 aromatic carbocycles. The Balaban J connectivity index is 2.30. The SMILES string of the molecule is CC(C)(Br)C(=O)Nc1cc2c(cc1F)CCC(=O)N2. The van der Waals surface area contributed by atoms with Gasteiger partial charge in [0.25, 0.3) is 0 Å². The van der Waals surface area contributed by atoms with Crippen LogP contribution in [0.3, 0.4) is 0 Å². The molecule has 2 N–H and O–H groups in total. The van der Waals surface area contributed by atoms with E-state index < -0.39 is 10.1 Å². The van der Waals surface area contributed by atoms with E-state index >= 15 is 0 Å². The minimum absolute atomic E-state index is 0.0680. The molecule has 1 aliphatic heterocycles. The number of fused-ring (bicyclic) bond motifs is 1. The lowest BCUT2D eigenvalue weighted by Crippen LogP contribution is -2.31. The van der Waals surface area contributed by atoms with Crippen molar-refractivity contribution in [1.82, 2.24) is 0 Å². The number of benzene rings is 1. The summed E-state index contributed by atoms with van der Waals surface area (Å²) >= 11 is 3.21. The van der Waals surface area contributed by atoms with E-state index in [0.717, 1.165) is 5.56 Å². The minimum atomic E-state index is -0.793. The van der Waals surface area contributed by atoms with Gasteiger partial charge in [-0.15, -0.1) is 0 Å². The third-order valence-corrected chi connectivity index (χ3v) is 3.24. The van der Waals surface area contributed by atoms with Gasteiger partial charge >= 0.3 is 0 Å². The molecule has 0 saturated heterocycles. The third-order valence-electron chi connectivity index (χ3n) is 2.88. The summed E-state index contributed by atoms with van der Waals surface area (Å²) in [6, 6.07) is 2.81. The Labute approximate surface area is 118 Å². The minimum Gasteiger partial charge on any atom is -0.326 e. The first kappa shape index (κ1) is 14.0. The van der Waals surface area contributed by atoms with E-state index in [9.17, 15) is 14.0 Å². The zero-order valence-electron chi connectivity index (χ0n) is 10.6. The van der Waals surface area contributed by atoms with Crippen molar-refractivity contribution >= 4 is 39.1 Å². The molecule has 1 aliphatic rings. The van der Waals surface area contributed by atoms with Gasteiger partial charge in [0, 0.05) is 12.1 Å². The van der Waals surface area contributed by atoms with E-state index in [1.807, 2.05) is 0 Å². The Morgan fingerprint density at radius 2 is 2.11 bits per heavy atom. The fraction of sp³-hybridized carbons (Fsp3) is 0.385. The number of anilines is 2. The lowest BCUT2D eigenvalue weighted by Gasteiger charge is -2.20. The highest BCUT2D eigenvalue weighted by atomic mass is 79.9. The maximum atomic E-state index is 13.9. The van der Waals surface area contributed by atoms with Crippen LogP contribution < -0.4 is 10.6 Å². The average molecular weight is 329 g/mol. The van der Waals surface area contributed by atoms with Crippen LogP contribution in [0, 0.1) is 5.82 Å². The van der Waals surface area contributed by atoms with Crippen LogP contribution in [-0.2, 0) is 16.0 Å². The Bertz CT molecular complexity index is 552.